The SMILES string of the molecule is CCn1ccnc1C(O)c1cccnc1OC. The minimum absolute atomic E-state index is 0.422. The van der Waals surface area contributed by atoms with Crippen LogP contribution in [0.25, 0.3) is 0 Å². The van der Waals surface area contributed by atoms with Crippen LogP contribution in [0.3, 0.4) is 0 Å². The maximum absolute atomic E-state index is 10.3. The average molecular weight is 233 g/mol. The van der Waals surface area contributed by atoms with E-state index in [1.165, 1.54) is 7.11 Å². The third-order valence-electron chi connectivity index (χ3n) is 2.62. The molecule has 0 radical (unpaired) electrons. The van der Waals surface area contributed by atoms with Crippen LogP contribution < -0.4 is 4.74 Å². The molecule has 0 spiro atoms. The number of ether oxygens (including phenoxy) is 1. The Morgan fingerprint density at radius 3 is 2.94 bits per heavy atom. The van der Waals surface area contributed by atoms with Crippen LogP contribution in [0.15, 0.2) is 30.7 Å². The Bertz CT molecular complexity index is 496. The van der Waals surface area contributed by atoms with Crippen molar-refractivity contribution < 1.29 is 9.84 Å². The van der Waals surface area contributed by atoms with Gasteiger partial charge in [0.05, 0.1) is 12.7 Å². The molecule has 2 rings (SSSR count). The first-order valence-electron chi connectivity index (χ1n) is 5.46. The summed E-state index contributed by atoms with van der Waals surface area (Å²) < 4.78 is 7.02. The van der Waals surface area contributed by atoms with Crippen molar-refractivity contribution >= 4 is 0 Å². The number of aromatic nitrogens is 3. The van der Waals surface area contributed by atoms with Gasteiger partial charge in [-0.05, 0) is 19.1 Å². The van der Waals surface area contributed by atoms with Crippen molar-refractivity contribution in [3.05, 3.63) is 42.1 Å². The molecule has 0 aliphatic rings. The minimum atomic E-state index is -0.825. The van der Waals surface area contributed by atoms with Crippen LogP contribution in [0.4, 0.5) is 0 Å². The molecule has 2 aromatic rings. The molecule has 0 saturated heterocycles. The summed E-state index contributed by atoms with van der Waals surface area (Å²) in [7, 11) is 1.53. The Balaban J connectivity index is 2.40. The number of aliphatic hydroxyl groups is 1. The van der Waals surface area contributed by atoms with Crippen LogP contribution in [0, 0.1) is 0 Å². The van der Waals surface area contributed by atoms with Crippen LogP contribution in [0.5, 0.6) is 5.88 Å². The number of hydrogen-bond donors (Lipinski definition) is 1. The van der Waals surface area contributed by atoms with Gasteiger partial charge in [0.2, 0.25) is 5.88 Å². The maximum atomic E-state index is 10.3. The molecule has 5 heteroatoms. The van der Waals surface area contributed by atoms with Crippen molar-refractivity contribution in [2.75, 3.05) is 7.11 Å². The van der Waals surface area contributed by atoms with E-state index in [0.717, 1.165) is 6.54 Å². The van der Waals surface area contributed by atoms with Crippen molar-refractivity contribution in [1.82, 2.24) is 14.5 Å². The Hall–Kier alpha value is -1.88. The molecule has 1 atom stereocenters. The van der Waals surface area contributed by atoms with E-state index < -0.39 is 6.10 Å². The van der Waals surface area contributed by atoms with E-state index in [4.69, 9.17) is 4.74 Å². The van der Waals surface area contributed by atoms with E-state index in [1.54, 1.807) is 24.5 Å². The van der Waals surface area contributed by atoms with Crippen LogP contribution in [-0.4, -0.2) is 26.8 Å². The van der Waals surface area contributed by atoms with Crippen LogP contribution in [-0.2, 0) is 6.54 Å². The molecule has 0 aromatic carbocycles. The van der Waals surface area contributed by atoms with Gasteiger partial charge in [-0.2, -0.15) is 0 Å². The lowest BCUT2D eigenvalue weighted by atomic mass is 10.1. The molecule has 2 heterocycles. The van der Waals surface area contributed by atoms with Gasteiger partial charge in [-0.1, -0.05) is 0 Å². The van der Waals surface area contributed by atoms with Crippen molar-refractivity contribution in [1.29, 1.82) is 0 Å². The fourth-order valence-corrected chi connectivity index (χ4v) is 1.76. The standard InChI is InChI=1S/C12H15N3O2/c1-3-15-8-7-13-11(15)10(16)9-5-4-6-14-12(9)17-2/h4-8,10,16H,3H2,1-2H3. The van der Waals surface area contributed by atoms with Gasteiger partial charge in [-0.15, -0.1) is 0 Å². The molecule has 1 unspecified atom stereocenters. The van der Waals surface area contributed by atoms with Crippen molar-refractivity contribution in [2.24, 2.45) is 0 Å². The summed E-state index contributed by atoms with van der Waals surface area (Å²) in [5.41, 5.74) is 0.621. The highest BCUT2D eigenvalue weighted by molar-refractivity contribution is 5.31. The van der Waals surface area contributed by atoms with Crippen molar-refractivity contribution in [3.8, 4) is 5.88 Å². The van der Waals surface area contributed by atoms with E-state index >= 15 is 0 Å². The van der Waals surface area contributed by atoms with E-state index in [2.05, 4.69) is 9.97 Å². The summed E-state index contributed by atoms with van der Waals surface area (Å²) in [4.78, 5) is 8.23. The number of methoxy groups -OCH3 is 1. The van der Waals surface area contributed by atoms with E-state index in [-0.39, 0.29) is 0 Å². The normalized spacial score (nSPS) is 12.4. The number of rotatable bonds is 4. The van der Waals surface area contributed by atoms with Crippen LogP contribution >= 0.6 is 0 Å². The zero-order valence-corrected chi connectivity index (χ0v) is 9.87. The lowest BCUT2D eigenvalue weighted by molar-refractivity contribution is 0.198. The molecular weight excluding hydrogens is 218 g/mol. The first kappa shape index (κ1) is 11.6. The highest BCUT2D eigenvalue weighted by Crippen LogP contribution is 2.26. The van der Waals surface area contributed by atoms with Gasteiger partial charge in [0.1, 0.15) is 11.9 Å². The quantitative estimate of drug-likeness (QED) is 0.866. The fourth-order valence-electron chi connectivity index (χ4n) is 1.76. The molecule has 17 heavy (non-hydrogen) atoms. The lowest BCUT2D eigenvalue weighted by Gasteiger charge is -2.14. The fraction of sp³-hybridized carbons (Fsp3) is 0.333. The number of hydrogen-bond acceptors (Lipinski definition) is 4. The van der Waals surface area contributed by atoms with Crippen LogP contribution in [0.2, 0.25) is 0 Å². The van der Waals surface area contributed by atoms with Gasteiger partial charge < -0.3 is 14.4 Å². The number of imidazole rings is 1. The molecule has 1 N–H and O–H groups in total. The average Bonchev–Trinajstić information content (AvgIpc) is 2.86. The van der Waals surface area contributed by atoms with Gasteiger partial charge in [0.25, 0.3) is 0 Å². The summed E-state index contributed by atoms with van der Waals surface area (Å²) in [6.45, 7) is 2.76. The molecule has 90 valence electrons. The van der Waals surface area contributed by atoms with Gasteiger partial charge in [0.15, 0.2) is 0 Å². The Labute approximate surface area is 99.7 Å². The first-order chi connectivity index (χ1) is 8.27. The van der Waals surface area contributed by atoms with Gasteiger partial charge in [-0.25, -0.2) is 9.97 Å². The Morgan fingerprint density at radius 1 is 1.41 bits per heavy atom. The molecule has 0 aliphatic heterocycles. The summed E-state index contributed by atoms with van der Waals surface area (Å²) in [6.07, 6.45) is 4.31. The van der Waals surface area contributed by atoms with Gasteiger partial charge in [-0.3, -0.25) is 0 Å². The Morgan fingerprint density at radius 2 is 2.24 bits per heavy atom. The second kappa shape index (κ2) is 4.97. The first-order valence-corrected chi connectivity index (χ1v) is 5.46. The zero-order chi connectivity index (χ0) is 12.3. The summed E-state index contributed by atoms with van der Waals surface area (Å²) in [5.74, 6) is 1.02. The van der Waals surface area contributed by atoms with Crippen LogP contribution in [0.1, 0.15) is 24.4 Å². The van der Waals surface area contributed by atoms with Gasteiger partial charge in [0, 0.05) is 25.1 Å². The molecule has 0 bridgehead atoms. The number of aryl methyl sites for hydroxylation is 1. The minimum Gasteiger partial charge on any atom is -0.481 e. The topological polar surface area (TPSA) is 60.2 Å². The highest BCUT2D eigenvalue weighted by Gasteiger charge is 2.19. The van der Waals surface area contributed by atoms with Gasteiger partial charge >= 0.3 is 0 Å². The molecule has 0 saturated carbocycles. The molecule has 5 nitrogen and oxygen atoms in total. The summed E-state index contributed by atoms with van der Waals surface area (Å²) >= 11 is 0. The number of nitrogens with zero attached hydrogens (tertiary/aromatic N) is 3. The third kappa shape index (κ3) is 2.14. The van der Waals surface area contributed by atoms with Crippen molar-refractivity contribution in [2.45, 2.75) is 19.6 Å². The second-order valence-corrected chi connectivity index (χ2v) is 3.58. The predicted octanol–water partition coefficient (Wildman–Crippen LogP) is 1.39. The highest BCUT2D eigenvalue weighted by atomic mass is 16.5. The largest absolute Gasteiger partial charge is 0.481 e. The second-order valence-electron chi connectivity index (χ2n) is 3.58. The molecule has 2 aromatic heterocycles. The molecule has 0 fully saturated rings. The summed E-state index contributed by atoms with van der Waals surface area (Å²) in [6, 6.07) is 3.55. The van der Waals surface area contributed by atoms with E-state index in [1.807, 2.05) is 17.7 Å². The molecular formula is C12H15N3O2. The number of pyridine rings is 1. The molecule has 0 amide bonds. The predicted molar refractivity (Wildman–Crippen MR) is 62.8 cm³/mol. The zero-order valence-electron chi connectivity index (χ0n) is 9.87. The summed E-state index contributed by atoms with van der Waals surface area (Å²) in [5, 5.41) is 10.3. The lowest BCUT2D eigenvalue weighted by Crippen LogP contribution is -2.10. The van der Waals surface area contributed by atoms with Crippen molar-refractivity contribution in [3.63, 3.8) is 0 Å². The smallest absolute Gasteiger partial charge is 0.219 e. The third-order valence-corrected chi connectivity index (χ3v) is 2.62. The maximum Gasteiger partial charge on any atom is 0.219 e. The van der Waals surface area contributed by atoms with E-state index in [9.17, 15) is 5.11 Å². The monoisotopic (exact) mass is 233 g/mol. The Kier molecular flexibility index (Phi) is 3.39. The number of aliphatic hydroxyl groups excluding tert-OH is 1. The molecule has 0 aliphatic carbocycles. The van der Waals surface area contributed by atoms with E-state index in [0.29, 0.717) is 17.3 Å².